The first-order chi connectivity index (χ1) is 5.68. The van der Waals surface area contributed by atoms with Gasteiger partial charge in [0.1, 0.15) is 0 Å². The number of rotatable bonds is 0. The molecule has 0 unspecified atom stereocenters. The molecular weight excluding hydrogens is 159 g/mol. The summed E-state index contributed by atoms with van der Waals surface area (Å²) in [6.07, 6.45) is 0. The minimum absolute atomic E-state index is 0.231. The second-order valence-electron chi connectivity index (χ2n) is 2.51. The number of hydrogen-bond acceptors (Lipinski definition) is 2. The van der Waals surface area contributed by atoms with Crippen molar-refractivity contribution in [1.29, 1.82) is 0 Å². The predicted octanol–water partition coefficient (Wildman–Crippen LogP) is -0.494. The van der Waals surface area contributed by atoms with Crippen LogP contribution in [0.1, 0.15) is 0 Å². The number of fused-ring (bicyclic) bond motifs is 1. The van der Waals surface area contributed by atoms with Crippen molar-refractivity contribution in [2.24, 2.45) is 4.99 Å². The Morgan fingerprint density at radius 3 is 2.92 bits per heavy atom. The fraction of sp³-hybridized carbons (Fsp3) is 0. The maximum Gasteiger partial charge on any atom is 0.306 e. The highest BCUT2D eigenvalue weighted by atomic mass is 19.1. The van der Waals surface area contributed by atoms with Gasteiger partial charge in [-0.15, -0.1) is 0 Å². The molecule has 1 heterocycles. The zero-order valence-corrected chi connectivity index (χ0v) is 6.04. The third-order valence-electron chi connectivity index (χ3n) is 1.67. The van der Waals surface area contributed by atoms with E-state index >= 15 is 0 Å². The van der Waals surface area contributed by atoms with Gasteiger partial charge in [0.15, 0.2) is 5.83 Å². The maximum absolute atomic E-state index is 12.9. The lowest BCUT2D eigenvalue weighted by atomic mass is 10.2. The molecule has 0 saturated heterocycles. The molecule has 0 radical (unpaired) electrons. The number of nitrogens with zero attached hydrogens (tertiary/aromatic N) is 1. The van der Waals surface area contributed by atoms with E-state index in [-0.39, 0.29) is 5.22 Å². The lowest BCUT2D eigenvalue weighted by molar-refractivity contribution is -0.113. The fourth-order valence-electron chi connectivity index (χ4n) is 1.10. The van der Waals surface area contributed by atoms with Crippen molar-refractivity contribution < 1.29 is 9.18 Å². The maximum atomic E-state index is 12.9. The molecule has 1 amide bonds. The van der Waals surface area contributed by atoms with Gasteiger partial charge in [0.05, 0.1) is 5.36 Å². The number of benzene rings is 1. The summed E-state index contributed by atoms with van der Waals surface area (Å²) in [5, 5.41) is 0.548. The second kappa shape index (κ2) is 2.14. The van der Waals surface area contributed by atoms with Gasteiger partial charge in [0.2, 0.25) is 0 Å². The number of amides is 1. The van der Waals surface area contributed by atoms with Crippen LogP contribution in [0.4, 0.5) is 10.1 Å². The Morgan fingerprint density at radius 1 is 1.42 bits per heavy atom. The first-order valence-electron chi connectivity index (χ1n) is 3.37. The highest BCUT2D eigenvalue weighted by Gasteiger charge is 2.14. The molecule has 60 valence electrons. The van der Waals surface area contributed by atoms with E-state index in [1.807, 2.05) is 0 Å². The van der Waals surface area contributed by atoms with Gasteiger partial charge in [-0.25, -0.2) is 9.38 Å². The Balaban J connectivity index is 2.94. The molecule has 0 bridgehead atoms. The SMILES string of the molecule is Nc1ccc2c(c1)=NC(=O)C=2F. The van der Waals surface area contributed by atoms with Crippen molar-refractivity contribution in [2.45, 2.75) is 0 Å². The van der Waals surface area contributed by atoms with Crippen LogP contribution in [0.2, 0.25) is 0 Å². The molecule has 0 aliphatic carbocycles. The Morgan fingerprint density at radius 2 is 2.17 bits per heavy atom. The molecule has 0 fully saturated rings. The van der Waals surface area contributed by atoms with E-state index in [1.54, 1.807) is 0 Å². The van der Waals surface area contributed by atoms with Gasteiger partial charge < -0.3 is 5.73 Å². The van der Waals surface area contributed by atoms with E-state index in [0.29, 0.717) is 11.0 Å². The predicted molar refractivity (Wildman–Crippen MR) is 41.2 cm³/mol. The normalized spacial score (nSPS) is 14.4. The molecule has 2 rings (SSSR count). The molecular formula is C8H5FN2O. The molecule has 1 aromatic carbocycles. The molecule has 0 spiro atoms. The van der Waals surface area contributed by atoms with Gasteiger partial charge in [-0.2, -0.15) is 0 Å². The van der Waals surface area contributed by atoms with Gasteiger partial charge in [-0.1, -0.05) is 0 Å². The topological polar surface area (TPSA) is 55.4 Å². The minimum Gasteiger partial charge on any atom is -0.399 e. The summed E-state index contributed by atoms with van der Waals surface area (Å²) in [6, 6.07) is 4.46. The van der Waals surface area contributed by atoms with Gasteiger partial charge in [-0.05, 0) is 18.2 Å². The molecule has 12 heavy (non-hydrogen) atoms. The first kappa shape index (κ1) is 6.97. The Hall–Kier alpha value is -1.71. The summed E-state index contributed by atoms with van der Waals surface area (Å²) >= 11 is 0. The largest absolute Gasteiger partial charge is 0.399 e. The molecule has 0 atom stereocenters. The van der Waals surface area contributed by atoms with E-state index < -0.39 is 11.7 Å². The third kappa shape index (κ3) is 0.812. The molecule has 2 N–H and O–H groups in total. The van der Waals surface area contributed by atoms with Crippen LogP contribution >= 0.6 is 0 Å². The molecule has 1 aliphatic rings. The van der Waals surface area contributed by atoms with Gasteiger partial charge in [0, 0.05) is 10.9 Å². The Bertz CT molecular complexity index is 478. The zero-order valence-electron chi connectivity index (χ0n) is 6.04. The van der Waals surface area contributed by atoms with Crippen LogP contribution < -0.4 is 16.3 Å². The van der Waals surface area contributed by atoms with Crippen LogP contribution in [0, 0.1) is 0 Å². The highest BCUT2D eigenvalue weighted by Crippen LogP contribution is 2.02. The van der Waals surface area contributed by atoms with Crippen molar-refractivity contribution in [3.8, 4) is 0 Å². The van der Waals surface area contributed by atoms with E-state index in [9.17, 15) is 9.18 Å². The highest BCUT2D eigenvalue weighted by molar-refractivity contribution is 6.12. The fourth-order valence-corrected chi connectivity index (χ4v) is 1.10. The zero-order chi connectivity index (χ0) is 8.72. The van der Waals surface area contributed by atoms with Crippen LogP contribution in [0.5, 0.6) is 0 Å². The minimum atomic E-state index is -0.824. The van der Waals surface area contributed by atoms with Crippen LogP contribution in [0.3, 0.4) is 0 Å². The molecule has 0 aromatic heterocycles. The van der Waals surface area contributed by atoms with Gasteiger partial charge >= 0.3 is 5.91 Å². The van der Waals surface area contributed by atoms with Gasteiger partial charge in [0.25, 0.3) is 0 Å². The second-order valence-corrected chi connectivity index (χ2v) is 2.51. The third-order valence-corrected chi connectivity index (χ3v) is 1.67. The molecule has 1 aromatic rings. The lowest BCUT2D eigenvalue weighted by Crippen LogP contribution is -2.22. The van der Waals surface area contributed by atoms with Crippen molar-refractivity contribution >= 4 is 17.4 Å². The number of nitrogens with two attached hydrogens (primary N) is 1. The standard InChI is InChI=1S/C8H5FN2O/c9-7-5-2-1-4(10)3-6(5)11-8(7)12/h1-3H,10H2. The van der Waals surface area contributed by atoms with E-state index in [1.165, 1.54) is 18.2 Å². The van der Waals surface area contributed by atoms with Gasteiger partial charge in [-0.3, -0.25) is 4.79 Å². The smallest absolute Gasteiger partial charge is 0.306 e. The molecule has 3 nitrogen and oxygen atoms in total. The summed E-state index contributed by atoms with van der Waals surface area (Å²) in [5.41, 5.74) is 5.89. The monoisotopic (exact) mass is 164 g/mol. The van der Waals surface area contributed by atoms with Crippen molar-refractivity contribution in [3.05, 3.63) is 28.8 Å². The van der Waals surface area contributed by atoms with Crippen LogP contribution in [-0.4, -0.2) is 5.91 Å². The summed E-state index contributed by atoms with van der Waals surface area (Å²) in [7, 11) is 0. The quantitative estimate of drug-likeness (QED) is 0.526. The van der Waals surface area contributed by atoms with E-state index in [4.69, 9.17) is 5.73 Å². The van der Waals surface area contributed by atoms with Crippen LogP contribution in [0.25, 0.3) is 5.83 Å². The number of hydrogen-bond donors (Lipinski definition) is 1. The molecule has 4 heteroatoms. The van der Waals surface area contributed by atoms with Crippen molar-refractivity contribution in [1.82, 2.24) is 0 Å². The molecule has 0 saturated carbocycles. The van der Waals surface area contributed by atoms with Crippen LogP contribution in [0.15, 0.2) is 23.2 Å². The summed E-state index contributed by atoms with van der Waals surface area (Å²) in [5.74, 6) is -1.62. The summed E-state index contributed by atoms with van der Waals surface area (Å²) < 4.78 is 12.9. The van der Waals surface area contributed by atoms with E-state index in [0.717, 1.165) is 0 Å². The number of nitrogen functional groups attached to an aromatic ring is 1. The van der Waals surface area contributed by atoms with Crippen molar-refractivity contribution in [3.63, 3.8) is 0 Å². The molecule has 1 aliphatic heterocycles. The average molecular weight is 164 g/mol. The Kier molecular flexibility index (Phi) is 1.24. The van der Waals surface area contributed by atoms with E-state index in [2.05, 4.69) is 4.99 Å². The Labute approximate surface area is 67.0 Å². The number of halogens is 1. The first-order valence-corrected chi connectivity index (χ1v) is 3.37. The van der Waals surface area contributed by atoms with Crippen molar-refractivity contribution in [2.75, 3.05) is 5.73 Å². The number of carbonyl (C=O) groups excluding carboxylic acids is 1. The summed E-state index contributed by atoms with van der Waals surface area (Å²) in [4.78, 5) is 14.2. The summed E-state index contributed by atoms with van der Waals surface area (Å²) in [6.45, 7) is 0. The average Bonchev–Trinajstić information content (AvgIpc) is 2.28. The number of anilines is 1. The van der Waals surface area contributed by atoms with Crippen LogP contribution in [-0.2, 0) is 4.79 Å². The lowest BCUT2D eigenvalue weighted by Gasteiger charge is -1.87. The number of carbonyl (C=O) groups is 1.